The lowest BCUT2D eigenvalue weighted by molar-refractivity contribution is -0.126. The van der Waals surface area contributed by atoms with Crippen LogP contribution < -0.4 is 14.8 Å². The minimum atomic E-state index is -3.22. The van der Waals surface area contributed by atoms with E-state index in [9.17, 15) is 14.2 Å². The van der Waals surface area contributed by atoms with Crippen molar-refractivity contribution in [3.05, 3.63) is 53.1 Å². The number of carbonyl (C=O) groups excluding carboxylic acids is 2. The van der Waals surface area contributed by atoms with Crippen molar-refractivity contribution in [2.45, 2.75) is 32.5 Å². The Morgan fingerprint density at radius 2 is 1.68 bits per heavy atom. The smallest absolute Gasteiger partial charge is 0.335 e. The van der Waals surface area contributed by atoms with Gasteiger partial charge in [-0.2, -0.15) is 0 Å². The Labute approximate surface area is 199 Å². The highest BCUT2D eigenvalue weighted by Gasteiger charge is 2.29. The zero-order chi connectivity index (χ0) is 24.7. The number of carbonyl (C=O) groups is 2. The van der Waals surface area contributed by atoms with Gasteiger partial charge < -0.3 is 28.6 Å². The topological polar surface area (TPSA) is 109 Å². The first-order valence-corrected chi connectivity index (χ1v) is 12.7. The Balaban J connectivity index is 1.71. The number of hydrogen-bond acceptors (Lipinski definition) is 8. The summed E-state index contributed by atoms with van der Waals surface area (Å²) in [6.45, 7) is 3.88. The van der Waals surface area contributed by atoms with Crippen molar-refractivity contribution in [3.8, 4) is 11.5 Å². The third-order valence-corrected chi connectivity index (χ3v) is 7.33. The molecule has 1 aliphatic heterocycles. The molecule has 1 N–H and O–H groups in total. The molecule has 10 heteroatoms. The average Bonchev–Trinajstić information content (AvgIpc) is 2.98. The molecule has 2 aromatic rings. The lowest BCUT2D eigenvalue weighted by Crippen LogP contribution is -2.32. The fourth-order valence-corrected chi connectivity index (χ4v) is 5.39. The van der Waals surface area contributed by atoms with E-state index >= 15 is 0 Å². The second-order valence-corrected chi connectivity index (χ2v) is 9.64. The molecule has 184 valence electrons. The van der Waals surface area contributed by atoms with Crippen LogP contribution in [-0.2, 0) is 35.7 Å². The molecule has 34 heavy (non-hydrogen) atoms. The highest BCUT2D eigenvalue weighted by atomic mass is 31.2. The van der Waals surface area contributed by atoms with E-state index in [0.717, 1.165) is 5.56 Å². The predicted molar refractivity (Wildman–Crippen MR) is 127 cm³/mol. The number of methoxy groups -OCH3 is 2. The number of Topliss-reactive ketones (excluding diaryl/α,β-unsaturated/α-hetero) is 1. The van der Waals surface area contributed by atoms with Crippen molar-refractivity contribution in [1.29, 1.82) is 0 Å². The molecule has 1 atom stereocenters. The van der Waals surface area contributed by atoms with E-state index in [1.165, 1.54) is 14.2 Å². The Kier molecular flexibility index (Phi) is 8.85. The third kappa shape index (κ3) is 6.24. The number of hydrogen-bond donors (Lipinski definition) is 1. The third-order valence-electron chi connectivity index (χ3n) is 5.27. The molecule has 1 aliphatic rings. The highest BCUT2D eigenvalue weighted by molar-refractivity contribution is 7.53. The van der Waals surface area contributed by atoms with Crippen LogP contribution in [0.1, 0.15) is 35.3 Å². The van der Waals surface area contributed by atoms with Crippen molar-refractivity contribution in [2.24, 2.45) is 0 Å². The first-order valence-electron chi connectivity index (χ1n) is 11.0. The van der Waals surface area contributed by atoms with Gasteiger partial charge in [0.1, 0.15) is 12.7 Å². The molecule has 0 fully saturated rings. The summed E-state index contributed by atoms with van der Waals surface area (Å²) >= 11 is 0. The molecule has 2 aromatic carbocycles. The maximum absolute atomic E-state index is 12.9. The van der Waals surface area contributed by atoms with E-state index in [2.05, 4.69) is 5.32 Å². The van der Waals surface area contributed by atoms with Crippen LogP contribution in [0.3, 0.4) is 0 Å². The van der Waals surface area contributed by atoms with Crippen LogP contribution in [0.15, 0.2) is 36.4 Å². The normalized spacial score (nSPS) is 15.9. The van der Waals surface area contributed by atoms with Gasteiger partial charge >= 0.3 is 7.60 Å². The van der Waals surface area contributed by atoms with E-state index in [0.29, 0.717) is 28.3 Å². The number of nitrogens with one attached hydrogen (secondary N) is 1. The summed E-state index contributed by atoms with van der Waals surface area (Å²) in [6, 6.07) is 10.2. The molecule has 3 rings (SSSR count). The van der Waals surface area contributed by atoms with Gasteiger partial charge in [-0.15, -0.1) is 0 Å². The molecular weight excluding hydrogens is 461 g/mol. The Morgan fingerprint density at radius 3 is 2.26 bits per heavy atom. The number of anilines is 1. The van der Waals surface area contributed by atoms with Gasteiger partial charge in [0.25, 0.3) is 5.91 Å². The van der Waals surface area contributed by atoms with Crippen LogP contribution in [0, 0.1) is 0 Å². The Bertz CT molecular complexity index is 1060. The monoisotopic (exact) mass is 491 g/mol. The number of amides is 1. The molecule has 0 aromatic heterocycles. The van der Waals surface area contributed by atoms with Crippen LogP contribution in [0.2, 0.25) is 0 Å². The summed E-state index contributed by atoms with van der Waals surface area (Å²) in [7, 11) is -0.214. The van der Waals surface area contributed by atoms with Crippen molar-refractivity contribution in [1.82, 2.24) is 0 Å². The van der Waals surface area contributed by atoms with Gasteiger partial charge in [0, 0.05) is 17.7 Å². The molecule has 0 saturated heterocycles. The summed E-state index contributed by atoms with van der Waals surface area (Å²) in [6.07, 6.45) is -0.519. The van der Waals surface area contributed by atoms with Gasteiger partial charge in [0.05, 0.1) is 33.6 Å². The molecular formula is C24H30NO8P. The number of ether oxygens (including phenoxy) is 3. The van der Waals surface area contributed by atoms with E-state index in [-0.39, 0.29) is 44.1 Å². The van der Waals surface area contributed by atoms with Crippen molar-refractivity contribution in [2.75, 3.05) is 39.4 Å². The quantitative estimate of drug-likeness (QED) is 0.492. The average molecular weight is 491 g/mol. The zero-order valence-corrected chi connectivity index (χ0v) is 20.7. The zero-order valence-electron chi connectivity index (χ0n) is 19.8. The standard InChI is InChI=1S/C24H30NO8P/c1-5-32-34(28,33-6-2)15-16-7-9-18(10-8-16)25-24(27)23-12-17-11-21(29-3)22(30-4)13-19(17)20(26)14-31-23/h7-11,13,23H,5-6,12,14-15H2,1-4H3,(H,25,27). The number of fused-ring (bicyclic) bond motifs is 1. The first kappa shape index (κ1) is 25.9. The maximum atomic E-state index is 12.9. The first-order chi connectivity index (χ1) is 16.3. The lowest BCUT2D eigenvalue weighted by Gasteiger charge is -2.18. The van der Waals surface area contributed by atoms with E-state index in [1.807, 2.05) is 0 Å². The summed E-state index contributed by atoms with van der Waals surface area (Å²) in [5.41, 5.74) is 2.40. The second-order valence-electron chi connectivity index (χ2n) is 7.58. The Hall–Kier alpha value is -2.71. The minimum Gasteiger partial charge on any atom is -0.493 e. The summed E-state index contributed by atoms with van der Waals surface area (Å²) in [5, 5.41) is 2.81. The van der Waals surface area contributed by atoms with E-state index < -0.39 is 13.7 Å². The van der Waals surface area contributed by atoms with Crippen LogP contribution in [0.5, 0.6) is 11.5 Å². The van der Waals surface area contributed by atoms with Gasteiger partial charge in [-0.05, 0) is 49.2 Å². The fourth-order valence-electron chi connectivity index (χ4n) is 3.69. The largest absolute Gasteiger partial charge is 0.493 e. The van der Waals surface area contributed by atoms with Crippen LogP contribution in [0.25, 0.3) is 0 Å². The van der Waals surface area contributed by atoms with Crippen LogP contribution >= 0.6 is 7.60 Å². The second kappa shape index (κ2) is 11.6. The molecule has 0 bridgehead atoms. The Morgan fingerprint density at radius 1 is 1.06 bits per heavy atom. The molecule has 0 aliphatic carbocycles. The number of rotatable bonds is 10. The minimum absolute atomic E-state index is 0.138. The number of benzene rings is 2. The fraction of sp³-hybridized carbons (Fsp3) is 0.417. The van der Waals surface area contributed by atoms with Gasteiger partial charge in [0.2, 0.25) is 0 Å². The van der Waals surface area contributed by atoms with E-state index in [4.69, 9.17) is 23.3 Å². The van der Waals surface area contributed by atoms with Gasteiger partial charge in [-0.3, -0.25) is 14.2 Å². The molecule has 0 spiro atoms. The highest BCUT2D eigenvalue weighted by Crippen LogP contribution is 2.51. The maximum Gasteiger partial charge on any atom is 0.335 e. The molecule has 1 heterocycles. The molecule has 0 saturated carbocycles. The molecule has 1 amide bonds. The lowest BCUT2D eigenvalue weighted by atomic mass is 9.98. The summed E-state index contributed by atoms with van der Waals surface area (Å²) in [5.74, 6) is 0.305. The molecule has 1 unspecified atom stereocenters. The predicted octanol–water partition coefficient (Wildman–Crippen LogP) is 4.23. The van der Waals surface area contributed by atoms with Crippen LogP contribution in [0.4, 0.5) is 5.69 Å². The van der Waals surface area contributed by atoms with E-state index in [1.54, 1.807) is 50.2 Å². The SMILES string of the molecule is CCOP(=O)(Cc1ccc(NC(=O)C2Cc3cc(OC)c(OC)cc3C(=O)CO2)cc1)OCC. The van der Waals surface area contributed by atoms with Crippen molar-refractivity contribution in [3.63, 3.8) is 0 Å². The van der Waals surface area contributed by atoms with Gasteiger partial charge in [-0.1, -0.05) is 12.1 Å². The van der Waals surface area contributed by atoms with Crippen LogP contribution in [-0.4, -0.2) is 51.8 Å². The van der Waals surface area contributed by atoms with Gasteiger partial charge in [-0.25, -0.2) is 0 Å². The molecule has 0 radical (unpaired) electrons. The summed E-state index contributed by atoms with van der Waals surface area (Å²) < 4.78 is 39.6. The molecule has 9 nitrogen and oxygen atoms in total. The number of ketones is 1. The van der Waals surface area contributed by atoms with Crippen molar-refractivity contribution >= 4 is 25.0 Å². The summed E-state index contributed by atoms with van der Waals surface area (Å²) in [4.78, 5) is 25.5. The van der Waals surface area contributed by atoms with Crippen molar-refractivity contribution < 1.29 is 37.4 Å². The van der Waals surface area contributed by atoms with Gasteiger partial charge in [0.15, 0.2) is 17.3 Å².